The van der Waals surface area contributed by atoms with Gasteiger partial charge in [-0.05, 0) is 44.6 Å². The first kappa shape index (κ1) is 16.3. The van der Waals surface area contributed by atoms with Crippen LogP contribution in [-0.4, -0.2) is 22.5 Å². The van der Waals surface area contributed by atoms with Gasteiger partial charge in [-0.25, -0.2) is 0 Å². The number of hydrogen-bond acceptors (Lipinski definition) is 3. The zero-order chi connectivity index (χ0) is 17.1. The Hall–Kier alpha value is -2.56. The maximum Gasteiger partial charge on any atom is 0.264 e. The second-order valence-corrected chi connectivity index (χ2v) is 6.33. The first-order chi connectivity index (χ1) is 11.6. The van der Waals surface area contributed by atoms with Crippen LogP contribution in [0.25, 0.3) is 0 Å². The summed E-state index contributed by atoms with van der Waals surface area (Å²) in [4.78, 5) is 27.2. The molecule has 3 N–H and O–H groups in total. The fourth-order valence-corrected chi connectivity index (χ4v) is 3.14. The Bertz CT molecular complexity index is 807. The van der Waals surface area contributed by atoms with Crippen LogP contribution in [0.2, 0.25) is 0 Å². The quantitative estimate of drug-likeness (QED) is 0.806. The number of carbonyl (C=O) groups excluding carboxylic acids is 1. The van der Waals surface area contributed by atoms with Crippen LogP contribution < -0.4 is 10.9 Å². The summed E-state index contributed by atoms with van der Waals surface area (Å²) in [5.41, 5.74) is 3.10. The minimum Gasteiger partial charge on any atom is -0.507 e. The molecule has 0 atom stereocenters. The van der Waals surface area contributed by atoms with Crippen LogP contribution in [0.5, 0.6) is 5.75 Å². The minimum absolute atomic E-state index is 0.152. The van der Waals surface area contributed by atoms with Crippen molar-refractivity contribution in [3.63, 3.8) is 0 Å². The molecule has 5 heteroatoms. The summed E-state index contributed by atoms with van der Waals surface area (Å²) in [7, 11) is 0. The number of H-pyrrole nitrogens is 1. The Morgan fingerprint density at radius 3 is 2.67 bits per heavy atom. The predicted octanol–water partition coefficient (Wildman–Crippen LogP) is 2.24. The van der Waals surface area contributed by atoms with Crippen molar-refractivity contribution in [1.82, 2.24) is 10.3 Å². The summed E-state index contributed by atoms with van der Waals surface area (Å²) in [6.45, 7) is 2.44. The Morgan fingerprint density at radius 2 is 1.92 bits per heavy atom. The zero-order valence-electron chi connectivity index (χ0n) is 13.8. The molecule has 0 unspecified atom stereocenters. The van der Waals surface area contributed by atoms with Crippen LogP contribution >= 0.6 is 0 Å². The molecule has 0 fully saturated rings. The van der Waals surface area contributed by atoms with Gasteiger partial charge < -0.3 is 15.4 Å². The van der Waals surface area contributed by atoms with Crippen LogP contribution in [0, 0.1) is 6.92 Å². The molecule has 2 aromatic rings. The third kappa shape index (κ3) is 3.35. The summed E-state index contributed by atoms with van der Waals surface area (Å²) in [6.07, 6.45) is 4.07. The topological polar surface area (TPSA) is 82.2 Å². The lowest BCUT2D eigenvalue weighted by atomic mass is 9.93. The van der Waals surface area contributed by atoms with E-state index in [0.717, 1.165) is 30.5 Å². The number of pyridine rings is 1. The van der Waals surface area contributed by atoms with Gasteiger partial charge in [0.1, 0.15) is 11.3 Å². The Kier molecular flexibility index (Phi) is 4.69. The van der Waals surface area contributed by atoms with Crippen molar-refractivity contribution in [2.24, 2.45) is 0 Å². The first-order valence-corrected chi connectivity index (χ1v) is 8.37. The smallest absolute Gasteiger partial charge is 0.264 e. The van der Waals surface area contributed by atoms with Gasteiger partial charge in [0.25, 0.3) is 11.5 Å². The molecule has 24 heavy (non-hydrogen) atoms. The van der Waals surface area contributed by atoms with E-state index in [1.165, 1.54) is 5.56 Å². The molecule has 126 valence electrons. The normalized spacial score (nSPS) is 13.4. The lowest BCUT2D eigenvalue weighted by molar-refractivity contribution is 0.0949. The highest BCUT2D eigenvalue weighted by molar-refractivity contribution is 5.96. The summed E-state index contributed by atoms with van der Waals surface area (Å²) in [5.74, 6) is -0.671. The van der Waals surface area contributed by atoms with E-state index in [2.05, 4.69) is 10.3 Å². The fourth-order valence-electron chi connectivity index (χ4n) is 3.14. The zero-order valence-corrected chi connectivity index (χ0v) is 13.8. The molecule has 1 aliphatic rings. The van der Waals surface area contributed by atoms with E-state index in [0.29, 0.717) is 24.9 Å². The number of benzene rings is 1. The van der Waals surface area contributed by atoms with Crippen LogP contribution in [0.3, 0.4) is 0 Å². The molecule has 0 radical (unpaired) electrons. The average Bonchev–Trinajstić information content (AvgIpc) is 2.57. The van der Waals surface area contributed by atoms with Crippen LogP contribution in [0.15, 0.2) is 29.1 Å². The number of hydrogen-bond donors (Lipinski definition) is 3. The third-order valence-corrected chi connectivity index (χ3v) is 4.53. The highest BCUT2D eigenvalue weighted by atomic mass is 16.3. The van der Waals surface area contributed by atoms with Gasteiger partial charge in [-0.3, -0.25) is 9.59 Å². The SMILES string of the molecule is Cc1ccc(CCNC(=O)c2c(O)c3c([nH]c2=O)CCCC3)cc1. The number of amides is 1. The summed E-state index contributed by atoms with van der Waals surface area (Å²) >= 11 is 0. The molecule has 0 saturated carbocycles. The van der Waals surface area contributed by atoms with Crippen molar-refractivity contribution in [3.8, 4) is 5.75 Å². The number of aromatic amines is 1. The number of rotatable bonds is 4. The molecular formula is C19H22N2O3. The Morgan fingerprint density at radius 1 is 1.21 bits per heavy atom. The lowest BCUT2D eigenvalue weighted by Crippen LogP contribution is -2.32. The molecule has 5 nitrogen and oxygen atoms in total. The van der Waals surface area contributed by atoms with E-state index in [1.54, 1.807) is 0 Å². The van der Waals surface area contributed by atoms with E-state index >= 15 is 0 Å². The highest BCUT2D eigenvalue weighted by Crippen LogP contribution is 2.28. The van der Waals surface area contributed by atoms with E-state index in [-0.39, 0.29) is 11.3 Å². The fraction of sp³-hybridized carbons (Fsp3) is 0.368. The Balaban J connectivity index is 1.71. The van der Waals surface area contributed by atoms with E-state index < -0.39 is 11.5 Å². The second-order valence-electron chi connectivity index (χ2n) is 6.33. The van der Waals surface area contributed by atoms with E-state index in [9.17, 15) is 14.7 Å². The van der Waals surface area contributed by atoms with Crippen LogP contribution in [0.4, 0.5) is 0 Å². The first-order valence-electron chi connectivity index (χ1n) is 8.37. The molecular weight excluding hydrogens is 304 g/mol. The van der Waals surface area contributed by atoms with Crippen molar-refractivity contribution in [1.29, 1.82) is 0 Å². The molecule has 0 bridgehead atoms. The van der Waals surface area contributed by atoms with Gasteiger partial charge in [0.2, 0.25) is 0 Å². The largest absolute Gasteiger partial charge is 0.507 e. The molecule has 3 rings (SSSR count). The lowest BCUT2D eigenvalue weighted by Gasteiger charge is -2.18. The molecule has 0 spiro atoms. The summed E-state index contributed by atoms with van der Waals surface area (Å²) in [6, 6.07) is 8.09. The van der Waals surface area contributed by atoms with E-state index in [4.69, 9.17) is 0 Å². The molecule has 1 aromatic carbocycles. The number of aromatic nitrogens is 1. The second kappa shape index (κ2) is 6.91. The van der Waals surface area contributed by atoms with Crippen molar-refractivity contribution in [2.45, 2.75) is 39.0 Å². The van der Waals surface area contributed by atoms with Gasteiger partial charge in [-0.2, -0.15) is 0 Å². The van der Waals surface area contributed by atoms with Gasteiger partial charge >= 0.3 is 0 Å². The number of fused-ring (bicyclic) bond motifs is 1. The van der Waals surface area contributed by atoms with Crippen molar-refractivity contribution in [2.75, 3.05) is 6.54 Å². The summed E-state index contributed by atoms with van der Waals surface area (Å²) < 4.78 is 0. The predicted molar refractivity (Wildman–Crippen MR) is 92.6 cm³/mol. The van der Waals surface area contributed by atoms with Crippen molar-refractivity contribution >= 4 is 5.91 Å². The average molecular weight is 326 g/mol. The molecule has 1 aliphatic carbocycles. The number of aromatic hydroxyl groups is 1. The van der Waals surface area contributed by atoms with Gasteiger partial charge in [0.05, 0.1) is 0 Å². The molecule has 1 aromatic heterocycles. The van der Waals surface area contributed by atoms with Crippen molar-refractivity contribution in [3.05, 3.63) is 62.6 Å². The molecule has 1 heterocycles. The third-order valence-electron chi connectivity index (χ3n) is 4.53. The van der Waals surface area contributed by atoms with Crippen molar-refractivity contribution < 1.29 is 9.90 Å². The monoisotopic (exact) mass is 326 g/mol. The van der Waals surface area contributed by atoms with Crippen LogP contribution in [-0.2, 0) is 19.3 Å². The van der Waals surface area contributed by atoms with Gasteiger partial charge in [0, 0.05) is 17.8 Å². The molecule has 1 amide bonds. The van der Waals surface area contributed by atoms with Gasteiger partial charge in [0.15, 0.2) is 0 Å². The number of aryl methyl sites for hydroxylation is 2. The van der Waals surface area contributed by atoms with Gasteiger partial charge in [-0.15, -0.1) is 0 Å². The van der Waals surface area contributed by atoms with Crippen LogP contribution in [0.1, 0.15) is 45.6 Å². The van der Waals surface area contributed by atoms with E-state index in [1.807, 2.05) is 31.2 Å². The maximum atomic E-state index is 12.3. The minimum atomic E-state index is -0.519. The van der Waals surface area contributed by atoms with Gasteiger partial charge in [-0.1, -0.05) is 29.8 Å². The number of carbonyl (C=O) groups is 1. The number of nitrogens with one attached hydrogen (secondary N) is 2. The molecule has 0 saturated heterocycles. The standard InChI is InChI=1S/C19H22N2O3/c1-12-6-8-13(9-7-12)10-11-20-18(23)16-17(22)14-4-2-3-5-15(14)21-19(16)24/h6-9H,2-5,10-11H2,1H3,(H,20,23)(H2,21,22,24). The highest BCUT2D eigenvalue weighted by Gasteiger charge is 2.23. The molecule has 0 aliphatic heterocycles. The Labute approximate surface area is 140 Å². The maximum absolute atomic E-state index is 12.3. The summed E-state index contributed by atoms with van der Waals surface area (Å²) in [5, 5.41) is 13.1.